The van der Waals surface area contributed by atoms with Crippen LogP contribution in [-0.2, 0) is 4.79 Å². The van der Waals surface area contributed by atoms with Gasteiger partial charge in [-0.1, -0.05) is 11.6 Å². The van der Waals surface area contributed by atoms with Crippen molar-refractivity contribution in [2.45, 2.75) is 19.4 Å². The first-order valence-corrected chi connectivity index (χ1v) is 7.14. The highest BCUT2D eigenvalue weighted by Gasteiger charge is 2.09. The van der Waals surface area contributed by atoms with E-state index in [4.69, 9.17) is 22.1 Å². The highest BCUT2D eigenvalue weighted by Crippen LogP contribution is 2.29. The Bertz CT molecular complexity index is 631. The lowest BCUT2D eigenvalue weighted by Crippen LogP contribution is -2.32. The average molecular weight is 308 g/mol. The molecule has 0 saturated heterocycles. The number of hydrogen-bond donors (Lipinski definition) is 2. The number of fused-ring (bicyclic) bond motifs is 1. The first-order valence-electron chi connectivity index (χ1n) is 6.76. The molecule has 0 bridgehead atoms. The van der Waals surface area contributed by atoms with Gasteiger partial charge in [0.05, 0.1) is 5.02 Å². The van der Waals surface area contributed by atoms with Gasteiger partial charge in [0.15, 0.2) is 6.61 Å². The van der Waals surface area contributed by atoms with Gasteiger partial charge >= 0.3 is 0 Å². The van der Waals surface area contributed by atoms with E-state index in [1.807, 2.05) is 13.0 Å². The van der Waals surface area contributed by atoms with Gasteiger partial charge in [0.1, 0.15) is 11.3 Å². The maximum absolute atomic E-state index is 11.7. The molecule has 112 valence electrons. The van der Waals surface area contributed by atoms with Crippen molar-refractivity contribution in [3.05, 3.63) is 35.5 Å². The van der Waals surface area contributed by atoms with E-state index >= 15 is 0 Å². The zero-order valence-electron chi connectivity index (χ0n) is 11.8. The number of benzene rings is 1. The smallest absolute Gasteiger partial charge is 0.257 e. The second-order valence-electron chi connectivity index (χ2n) is 4.85. The van der Waals surface area contributed by atoms with Gasteiger partial charge in [-0.15, -0.1) is 0 Å². The fourth-order valence-corrected chi connectivity index (χ4v) is 2.08. The standard InChI is InChI=1S/C15H18ClN3O2/c1-10(17)6-8-18-14(20)9-21-13-5-4-12(16)11-3-2-7-19-15(11)13/h2-5,7,10H,6,8-9,17H2,1H3,(H,18,20). The van der Waals surface area contributed by atoms with Crippen molar-refractivity contribution in [2.24, 2.45) is 5.73 Å². The molecule has 5 nitrogen and oxygen atoms in total. The van der Waals surface area contributed by atoms with Crippen LogP contribution >= 0.6 is 11.6 Å². The lowest BCUT2D eigenvalue weighted by molar-refractivity contribution is -0.123. The Morgan fingerprint density at radius 3 is 3.05 bits per heavy atom. The first-order chi connectivity index (χ1) is 10.1. The molecular weight excluding hydrogens is 290 g/mol. The minimum atomic E-state index is -0.185. The molecular formula is C15H18ClN3O2. The van der Waals surface area contributed by atoms with Crippen LogP contribution in [0.5, 0.6) is 5.75 Å². The molecule has 1 heterocycles. The molecule has 0 saturated carbocycles. The van der Waals surface area contributed by atoms with Crippen LogP contribution < -0.4 is 15.8 Å². The fraction of sp³-hybridized carbons (Fsp3) is 0.333. The van der Waals surface area contributed by atoms with E-state index < -0.39 is 0 Å². The summed E-state index contributed by atoms with van der Waals surface area (Å²) in [5, 5.41) is 4.16. The normalized spacial score (nSPS) is 12.1. The summed E-state index contributed by atoms with van der Waals surface area (Å²) in [4.78, 5) is 15.9. The molecule has 2 rings (SSSR count). The molecule has 1 aromatic heterocycles. The lowest BCUT2D eigenvalue weighted by atomic mass is 10.2. The molecule has 1 amide bonds. The predicted octanol–water partition coefficient (Wildman–Crippen LogP) is 2.12. The Morgan fingerprint density at radius 1 is 1.48 bits per heavy atom. The van der Waals surface area contributed by atoms with E-state index in [0.717, 1.165) is 11.8 Å². The summed E-state index contributed by atoms with van der Waals surface area (Å²) in [6.07, 6.45) is 2.39. The highest BCUT2D eigenvalue weighted by molar-refractivity contribution is 6.35. The summed E-state index contributed by atoms with van der Waals surface area (Å²) in [5.74, 6) is 0.354. The summed E-state index contributed by atoms with van der Waals surface area (Å²) < 4.78 is 5.53. The van der Waals surface area contributed by atoms with Gasteiger partial charge < -0.3 is 15.8 Å². The molecule has 6 heteroatoms. The molecule has 21 heavy (non-hydrogen) atoms. The number of ether oxygens (including phenoxy) is 1. The average Bonchev–Trinajstić information content (AvgIpc) is 2.46. The van der Waals surface area contributed by atoms with E-state index in [9.17, 15) is 4.79 Å². The molecule has 0 spiro atoms. The molecule has 0 aliphatic heterocycles. The van der Waals surface area contributed by atoms with Crippen molar-refractivity contribution in [1.29, 1.82) is 0 Å². The predicted molar refractivity (Wildman–Crippen MR) is 83.5 cm³/mol. The Balaban J connectivity index is 1.98. The Hall–Kier alpha value is -1.85. The van der Waals surface area contributed by atoms with Crippen LogP contribution in [0.1, 0.15) is 13.3 Å². The van der Waals surface area contributed by atoms with E-state index in [2.05, 4.69) is 10.3 Å². The molecule has 3 N–H and O–H groups in total. The molecule has 0 aliphatic carbocycles. The number of carbonyl (C=O) groups excluding carboxylic acids is 1. The van der Waals surface area contributed by atoms with Crippen LogP contribution in [0.25, 0.3) is 10.9 Å². The number of nitrogens with zero attached hydrogens (tertiary/aromatic N) is 1. The summed E-state index contributed by atoms with van der Waals surface area (Å²) in [7, 11) is 0. The fourth-order valence-electron chi connectivity index (χ4n) is 1.86. The number of nitrogens with two attached hydrogens (primary N) is 1. The van der Waals surface area contributed by atoms with Crippen LogP contribution in [0.4, 0.5) is 0 Å². The summed E-state index contributed by atoms with van der Waals surface area (Å²) in [5.41, 5.74) is 6.26. The second kappa shape index (κ2) is 7.24. The van der Waals surface area contributed by atoms with Crippen molar-refractivity contribution in [3.63, 3.8) is 0 Å². The zero-order chi connectivity index (χ0) is 15.2. The molecule has 1 aromatic carbocycles. The molecule has 1 unspecified atom stereocenters. The van der Waals surface area contributed by atoms with Crippen LogP contribution in [0.3, 0.4) is 0 Å². The maximum atomic E-state index is 11.7. The van der Waals surface area contributed by atoms with Gasteiger partial charge in [0, 0.05) is 24.2 Å². The van der Waals surface area contributed by atoms with Crippen LogP contribution in [0.2, 0.25) is 5.02 Å². The van der Waals surface area contributed by atoms with E-state index in [-0.39, 0.29) is 18.6 Å². The van der Waals surface area contributed by atoms with E-state index in [0.29, 0.717) is 22.8 Å². The summed E-state index contributed by atoms with van der Waals surface area (Å²) in [6, 6.07) is 7.18. The quantitative estimate of drug-likeness (QED) is 0.857. The minimum absolute atomic E-state index is 0.0632. The molecule has 0 fully saturated rings. The van der Waals surface area contributed by atoms with Gasteiger partial charge in [0.25, 0.3) is 5.91 Å². The third-order valence-corrected chi connectivity index (χ3v) is 3.29. The Morgan fingerprint density at radius 2 is 2.29 bits per heavy atom. The number of aromatic nitrogens is 1. The second-order valence-corrected chi connectivity index (χ2v) is 5.26. The topological polar surface area (TPSA) is 77.2 Å². The van der Waals surface area contributed by atoms with E-state index in [1.54, 1.807) is 24.4 Å². The Labute approximate surface area is 128 Å². The number of hydrogen-bond acceptors (Lipinski definition) is 4. The SMILES string of the molecule is CC(N)CCNC(=O)COc1ccc(Cl)c2cccnc12. The third kappa shape index (κ3) is 4.31. The highest BCUT2D eigenvalue weighted by atomic mass is 35.5. The summed E-state index contributed by atoms with van der Waals surface area (Å²) in [6.45, 7) is 2.37. The number of pyridine rings is 1. The monoisotopic (exact) mass is 307 g/mol. The first kappa shape index (κ1) is 15.5. The largest absolute Gasteiger partial charge is 0.481 e. The number of rotatable bonds is 6. The van der Waals surface area contributed by atoms with Gasteiger partial charge in [-0.3, -0.25) is 9.78 Å². The number of amides is 1. The van der Waals surface area contributed by atoms with Gasteiger partial charge in [0.2, 0.25) is 0 Å². The van der Waals surface area contributed by atoms with Gasteiger partial charge in [-0.2, -0.15) is 0 Å². The molecule has 1 atom stereocenters. The van der Waals surface area contributed by atoms with Gasteiger partial charge in [-0.25, -0.2) is 0 Å². The van der Waals surface area contributed by atoms with Gasteiger partial charge in [-0.05, 0) is 37.6 Å². The molecule has 0 radical (unpaired) electrons. The van der Waals surface area contributed by atoms with Crippen molar-refractivity contribution < 1.29 is 9.53 Å². The zero-order valence-corrected chi connectivity index (χ0v) is 12.6. The van der Waals surface area contributed by atoms with Crippen molar-refractivity contribution in [1.82, 2.24) is 10.3 Å². The van der Waals surface area contributed by atoms with E-state index in [1.165, 1.54) is 0 Å². The van der Waals surface area contributed by atoms with Crippen LogP contribution in [0, 0.1) is 0 Å². The van der Waals surface area contributed by atoms with Crippen LogP contribution in [-0.4, -0.2) is 30.1 Å². The van der Waals surface area contributed by atoms with Crippen molar-refractivity contribution in [3.8, 4) is 5.75 Å². The molecule has 0 aliphatic rings. The maximum Gasteiger partial charge on any atom is 0.257 e. The van der Waals surface area contributed by atoms with Crippen LogP contribution in [0.15, 0.2) is 30.5 Å². The minimum Gasteiger partial charge on any atom is -0.481 e. The van der Waals surface area contributed by atoms with Crippen molar-refractivity contribution >= 4 is 28.4 Å². The third-order valence-electron chi connectivity index (χ3n) is 2.96. The molecule has 2 aromatic rings. The lowest BCUT2D eigenvalue weighted by Gasteiger charge is -2.10. The summed E-state index contributed by atoms with van der Waals surface area (Å²) >= 11 is 6.10. The Kier molecular flexibility index (Phi) is 5.36. The number of nitrogens with one attached hydrogen (secondary N) is 1. The number of carbonyl (C=O) groups is 1. The number of halogens is 1. The van der Waals surface area contributed by atoms with Crippen molar-refractivity contribution in [2.75, 3.05) is 13.2 Å².